The number of nitrogens with one attached hydrogen (secondary N) is 1. The van der Waals surface area contributed by atoms with E-state index in [9.17, 15) is 0 Å². The molecule has 1 spiro atoms. The molecule has 0 radical (unpaired) electrons. The van der Waals surface area contributed by atoms with Crippen molar-refractivity contribution >= 4 is 22.9 Å². The van der Waals surface area contributed by atoms with Gasteiger partial charge in [0.2, 0.25) is 0 Å². The van der Waals surface area contributed by atoms with Crippen LogP contribution in [0.5, 0.6) is 0 Å². The second-order valence-corrected chi connectivity index (χ2v) is 5.83. The lowest BCUT2D eigenvalue weighted by Gasteiger charge is -2.44. The summed E-state index contributed by atoms with van der Waals surface area (Å²) in [6.45, 7) is 2.18. The third kappa shape index (κ3) is 1.09. The largest absolute Gasteiger partial charge is 0.312 e. The highest BCUT2D eigenvalue weighted by molar-refractivity contribution is 7.16. The molecule has 3 rings (SSSR count). The standard InChI is InChI=1S/C10H12ClNS/c11-8-4-7-5-12-6-10(2-1-3-10)9(7)13-8/h4,12H,1-3,5-6H2. The Balaban J connectivity index is 2.10. The molecule has 0 aromatic carbocycles. The van der Waals surface area contributed by atoms with E-state index in [2.05, 4.69) is 11.4 Å². The fraction of sp³-hybridized carbons (Fsp3) is 0.600. The Labute approximate surface area is 87.1 Å². The molecule has 2 heterocycles. The third-order valence-corrected chi connectivity index (χ3v) is 4.90. The molecule has 70 valence electrons. The van der Waals surface area contributed by atoms with Gasteiger partial charge in [-0.05, 0) is 24.5 Å². The van der Waals surface area contributed by atoms with Crippen LogP contribution in [0.4, 0.5) is 0 Å². The zero-order valence-electron chi connectivity index (χ0n) is 7.40. The Kier molecular flexibility index (Phi) is 1.73. The maximum Gasteiger partial charge on any atom is 0.0934 e. The van der Waals surface area contributed by atoms with Crippen LogP contribution in [0.15, 0.2) is 6.07 Å². The molecule has 1 aliphatic carbocycles. The number of halogens is 1. The van der Waals surface area contributed by atoms with E-state index in [0.717, 1.165) is 17.4 Å². The molecule has 0 amide bonds. The molecule has 13 heavy (non-hydrogen) atoms. The van der Waals surface area contributed by atoms with Gasteiger partial charge >= 0.3 is 0 Å². The van der Waals surface area contributed by atoms with E-state index in [1.807, 2.05) is 0 Å². The average molecular weight is 214 g/mol. The highest BCUT2D eigenvalue weighted by Crippen LogP contribution is 2.49. The molecular weight excluding hydrogens is 202 g/mol. The quantitative estimate of drug-likeness (QED) is 0.699. The molecule has 0 atom stereocenters. The third-order valence-electron chi connectivity index (χ3n) is 3.35. The minimum absolute atomic E-state index is 0.478. The molecule has 1 aliphatic heterocycles. The summed E-state index contributed by atoms with van der Waals surface area (Å²) in [5, 5.41) is 3.50. The molecule has 1 nitrogen and oxygen atoms in total. The van der Waals surface area contributed by atoms with Crippen molar-refractivity contribution in [2.24, 2.45) is 0 Å². The average Bonchev–Trinajstić information content (AvgIpc) is 2.41. The SMILES string of the molecule is Clc1cc2c(s1)C1(CCC1)CNC2. The van der Waals surface area contributed by atoms with Crippen LogP contribution in [-0.2, 0) is 12.0 Å². The maximum absolute atomic E-state index is 6.05. The van der Waals surface area contributed by atoms with Gasteiger partial charge in [0.25, 0.3) is 0 Å². The Bertz CT molecular complexity index is 341. The lowest BCUT2D eigenvalue weighted by molar-refractivity contribution is 0.225. The van der Waals surface area contributed by atoms with Gasteiger partial charge in [0, 0.05) is 23.4 Å². The first-order valence-corrected chi connectivity index (χ1v) is 5.99. The van der Waals surface area contributed by atoms with Crippen LogP contribution in [0.2, 0.25) is 4.34 Å². The van der Waals surface area contributed by atoms with Gasteiger partial charge in [0.1, 0.15) is 0 Å². The lowest BCUT2D eigenvalue weighted by atomic mass is 9.66. The summed E-state index contributed by atoms with van der Waals surface area (Å²) in [6.07, 6.45) is 4.09. The van der Waals surface area contributed by atoms with Crippen molar-refractivity contribution in [3.63, 3.8) is 0 Å². The molecule has 1 fully saturated rings. The number of thiophene rings is 1. The molecule has 1 aromatic heterocycles. The summed E-state index contributed by atoms with van der Waals surface area (Å²) in [5.74, 6) is 0. The Morgan fingerprint density at radius 1 is 1.46 bits per heavy atom. The van der Waals surface area contributed by atoms with Gasteiger partial charge in [0.05, 0.1) is 4.34 Å². The van der Waals surface area contributed by atoms with Gasteiger partial charge < -0.3 is 5.32 Å². The first-order chi connectivity index (χ1) is 6.30. The van der Waals surface area contributed by atoms with Crippen LogP contribution >= 0.6 is 22.9 Å². The van der Waals surface area contributed by atoms with Gasteiger partial charge in [-0.3, -0.25) is 0 Å². The molecule has 3 heteroatoms. The molecule has 0 bridgehead atoms. The Hall–Kier alpha value is -0.0500. The summed E-state index contributed by atoms with van der Waals surface area (Å²) in [4.78, 5) is 1.57. The van der Waals surface area contributed by atoms with E-state index in [0.29, 0.717) is 5.41 Å². The normalized spacial score (nSPS) is 24.1. The fourth-order valence-electron chi connectivity index (χ4n) is 2.50. The number of hydrogen-bond acceptors (Lipinski definition) is 2. The summed E-state index contributed by atoms with van der Waals surface area (Å²) >= 11 is 7.85. The molecular formula is C10H12ClNS. The maximum atomic E-state index is 6.05. The van der Waals surface area contributed by atoms with Crippen molar-refractivity contribution < 1.29 is 0 Å². The van der Waals surface area contributed by atoms with Crippen molar-refractivity contribution in [2.75, 3.05) is 6.54 Å². The van der Waals surface area contributed by atoms with Crippen molar-refractivity contribution in [3.8, 4) is 0 Å². The molecule has 0 saturated heterocycles. The van der Waals surface area contributed by atoms with Crippen LogP contribution in [0.1, 0.15) is 29.7 Å². The second kappa shape index (κ2) is 2.72. The summed E-state index contributed by atoms with van der Waals surface area (Å²) in [5.41, 5.74) is 1.92. The smallest absolute Gasteiger partial charge is 0.0934 e. The zero-order valence-corrected chi connectivity index (χ0v) is 8.97. The monoisotopic (exact) mass is 213 g/mol. The van der Waals surface area contributed by atoms with E-state index < -0.39 is 0 Å². The van der Waals surface area contributed by atoms with Gasteiger partial charge in [-0.15, -0.1) is 11.3 Å². The van der Waals surface area contributed by atoms with Crippen LogP contribution in [-0.4, -0.2) is 6.54 Å². The minimum Gasteiger partial charge on any atom is -0.312 e. The number of fused-ring (bicyclic) bond motifs is 2. The Morgan fingerprint density at radius 3 is 3.00 bits per heavy atom. The van der Waals surface area contributed by atoms with Crippen LogP contribution in [0, 0.1) is 0 Å². The molecule has 0 unspecified atom stereocenters. The summed E-state index contributed by atoms with van der Waals surface area (Å²) in [7, 11) is 0. The Morgan fingerprint density at radius 2 is 2.31 bits per heavy atom. The molecule has 1 aromatic rings. The first-order valence-electron chi connectivity index (χ1n) is 4.80. The van der Waals surface area contributed by atoms with E-state index in [1.54, 1.807) is 16.2 Å². The van der Waals surface area contributed by atoms with E-state index in [4.69, 9.17) is 11.6 Å². The van der Waals surface area contributed by atoms with Gasteiger partial charge in [-0.1, -0.05) is 18.0 Å². The van der Waals surface area contributed by atoms with Crippen molar-refractivity contribution in [3.05, 3.63) is 20.8 Å². The number of rotatable bonds is 0. The van der Waals surface area contributed by atoms with Crippen LogP contribution in [0.25, 0.3) is 0 Å². The van der Waals surface area contributed by atoms with Crippen molar-refractivity contribution in [1.29, 1.82) is 0 Å². The summed E-state index contributed by atoms with van der Waals surface area (Å²) < 4.78 is 0.958. The van der Waals surface area contributed by atoms with Gasteiger partial charge in [-0.2, -0.15) is 0 Å². The van der Waals surface area contributed by atoms with Crippen LogP contribution in [0.3, 0.4) is 0 Å². The van der Waals surface area contributed by atoms with E-state index in [1.165, 1.54) is 24.8 Å². The second-order valence-electron chi connectivity index (χ2n) is 4.14. The molecule has 2 aliphatic rings. The fourth-order valence-corrected chi connectivity index (χ4v) is 4.01. The van der Waals surface area contributed by atoms with Crippen LogP contribution < -0.4 is 5.32 Å². The molecule has 1 saturated carbocycles. The highest BCUT2D eigenvalue weighted by Gasteiger charge is 2.43. The zero-order chi connectivity index (χ0) is 8.89. The predicted molar refractivity (Wildman–Crippen MR) is 56.6 cm³/mol. The van der Waals surface area contributed by atoms with Crippen molar-refractivity contribution in [1.82, 2.24) is 5.32 Å². The topological polar surface area (TPSA) is 12.0 Å². The summed E-state index contributed by atoms with van der Waals surface area (Å²) in [6, 6.07) is 2.13. The van der Waals surface area contributed by atoms with Gasteiger partial charge in [-0.25, -0.2) is 0 Å². The van der Waals surface area contributed by atoms with E-state index in [-0.39, 0.29) is 0 Å². The first kappa shape index (κ1) is 8.27. The van der Waals surface area contributed by atoms with E-state index >= 15 is 0 Å². The molecule has 1 N–H and O–H groups in total. The predicted octanol–water partition coefficient (Wildman–Crippen LogP) is 2.93. The highest BCUT2D eigenvalue weighted by atomic mass is 35.5. The number of hydrogen-bond donors (Lipinski definition) is 1. The lowest BCUT2D eigenvalue weighted by Crippen LogP contribution is -2.46. The van der Waals surface area contributed by atoms with Gasteiger partial charge in [0.15, 0.2) is 0 Å². The van der Waals surface area contributed by atoms with Crippen molar-refractivity contribution in [2.45, 2.75) is 31.2 Å². The minimum atomic E-state index is 0.478.